The van der Waals surface area contributed by atoms with Gasteiger partial charge in [0.25, 0.3) is 0 Å². The van der Waals surface area contributed by atoms with Gasteiger partial charge in [-0.2, -0.15) is 13.5 Å². The fourth-order valence-corrected chi connectivity index (χ4v) is 0.408. The smallest absolute Gasteiger partial charge is 0.0437 e. The van der Waals surface area contributed by atoms with Gasteiger partial charge in [0.1, 0.15) is 0 Å². The Bertz CT molecular complexity index is 33.1. The van der Waals surface area contributed by atoms with E-state index in [9.17, 15) is 0 Å². The highest BCUT2D eigenvalue weighted by atomic mass is 32.1. The zero-order valence-electron chi connectivity index (χ0n) is 8.14. The van der Waals surface area contributed by atoms with Gasteiger partial charge in [0.2, 0.25) is 0 Å². The maximum atomic E-state index is 4.83. The van der Waals surface area contributed by atoms with Gasteiger partial charge in [-0.1, -0.05) is 0 Å². The lowest BCUT2D eigenvalue weighted by atomic mass is 10.8. The van der Waals surface area contributed by atoms with Crippen LogP contribution in [0.25, 0.3) is 0 Å². The molecular formula is C8H22O2S. The molecule has 0 aliphatic heterocycles. The van der Waals surface area contributed by atoms with Gasteiger partial charge in [-0.3, -0.25) is 0 Å². The van der Waals surface area contributed by atoms with Crippen molar-refractivity contribution in [1.82, 2.24) is 0 Å². The Balaban J connectivity index is -0.000000107. The highest BCUT2D eigenvalue weighted by Gasteiger charge is 1.64. The van der Waals surface area contributed by atoms with E-state index in [0.29, 0.717) is 0 Å². The predicted octanol–water partition coefficient (Wildman–Crippen LogP) is 2.20. The zero-order valence-corrected chi connectivity index (χ0v) is 9.14. The molecule has 0 saturated carbocycles. The Morgan fingerprint density at radius 2 is 0.818 bits per heavy atom. The molecule has 2 nitrogen and oxygen atoms in total. The van der Waals surface area contributed by atoms with Crippen LogP contribution in [0.2, 0.25) is 0 Å². The summed E-state index contributed by atoms with van der Waals surface area (Å²) in [7, 11) is 0. The fourth-order valence-electron chi connectivity index (χ4n) is 0.408. The second kappa shape index (κ2) is 22.4. The van der Waals surface area contributed by atoms with E-state index < -0.39 is 0 Å². The molecule has 0 amide bonds. The van der Waals surface area contributed by atoms with E-state index in [-0.39, 0.29) is 13.5 Å². The molecule has 0 fully saturated rings. The van der Waals surface area contributed by atoms with Crippen molar-refractivity contribution in [2.75, 3.05) is 26.4 Å². The summed E-state index contributed by atoms with van der Waals surface area (Å²) in [5.41, 5.74) is 0. The molecule has 0 heterocycles. The monoisotopic (exact) mass is 182 g/mol. The Morgan fingerprint density at radius 3 is 0.818 bits per heavy atom. The van der Waals surface area contributed by atoms with Crippen molar-refractivity contribution in [3.05, 3.63) is 0 Å². The lowest BCUT2D eigenvalue weighted by Crippen LogP contribution is -1.84. The summed E-state index contributed by atoms with van der Waals surface area (Å²) in [5.74, 6) is 0. The molecule has 0 bridgehead atoms. The van der Waals surface area contributed by atoms with Crippen LogP contribution in [-0.2, 0) is 9.47 Å². The van der Waals surface area contributed by atoms with Crippen LogP contribution in [0.1, 0.15) is 27.7 Å². The molecule has 0 rings (SSSR count). The van der Waals surface area contributed by atoms with Crippen molar-refractivity contribution in [2.45, 2.75) is 27.7 Å². The third-order valence-electron chi connectivity index (χ3n) is 0.816. The quantitative estimate of drug-likeness (QED) is 0.663. The molecule has 0 aromatic carbocycles. The molecular weight excluding hydrogens is 160 g/mol. The number of rotatable bonds is 4. The first-order valence-electron chi connectivity index (χ1n) is 3.98. The average Bonchev–Trinajstić information content (AvgIpc) is 1.93. The second-order valence-electron chi connectivity index (χ2n) is 1.56. The van der Waals surface area contributed by atoms with E-state index in [4.69, 9.17) is 9.47 Å². The van der Waals surface area contributed by atoms with Crippen LogP contribution in [0.5, 0.6) is 0 Å². The van der Waals surface area contributed by atoms with Crippen molar-refractivity contribution in [3.63, 3.8) is 0 Å². The third kappa shape index (κ3) is 38.5. The first kappa shape index (κ1) is 17.4. The number of hydrogen-bond acceptors (Lipinski definition) is 2. The van der Waals surface area contributed by atoms with E-state index >= 15 is 0 Å². The van der Waals surface area contributed by atoms with Crippen LogP contribution in [0.3, 0.4) is 0 Å². The van der Waals surface area contributed by atoms with E-state index in [1.807, 2.05) is 27.7 Å². The van der Waals surface area contributed by atoms with Crippen LogP contribution < -0.4 is 0 Å². The molecule has 3 heteroatoms. The van der Waals surface area contributed by atoms with Gasteiger partial charge >= 0.3 is 0 Å². The number of ether oxygens (including phenoxy) is 2. The third-order valence-corrected chi connectivity index (χ3v) is 0.816. The molecule has 0 N–H and O–H groups in total. The van der Waals surface area contributed by atoms with Crippen LogP contribution in [0.4, 0.5) is 0 Å². The van der Waals surface area contributed by atoms with E-state index in [2.05, 4.69) is 0 Å². The Kier molecular flexibility index (Phi) is 35.5. The van der Waals surface area contributed by atoms with Gasteiger partial charge in [-0.15, -0.1) is 0 Å². The maximum Gasteiger partial charge on any atom is 0.0437 e. The number of hydrogen-bond donors (Lipinski definition) is 0. The molecule has 0 aromatic rings. The summed E-state index contributed by atoms with van der Waals surface area (Å²) in [5, 5.41) is 0. The predicted molar refractivity (Wildman–Crippen MR) is 54.7 cm³/mol. The van der Waals surface area contributed by atoms with Crippen LogP contribution >= 0.6 is 13.5 Å². The van der Waals surface area contributed by atoms with Crippen LogP contribution in [0.15, 0.2) is 0 Å². The summed E-state index contributed by atoms with van der Waals surface area (Å²) in [6.07, 6.45) is 0. The SMILES string of the molecule is CCOCC.CCOCC.S. The van der Waals surface area contributed by atoms with E-state index in [1.54, 1.807) is 0 Å². The van der Waals surface area contributed by atoms with Crippen LogP contribution in [0, 0.1) is 0 Å². The summed E-state index contributed by atoms with van der Waals surface area (Å²) in [6, 6.07) is 0. The minimum atomic E-state index is 0. The summed E-state index contributed by atoms with van der Waals surface area (Å²) in [4.78, 5) is 0. The second-order valence-corrected chi connectivity index (χ2v) is 1.56. The summed E-state index contributed by atoms with van der Waals surface area (Å²) < 4.78 is 9.67. The molecule has 0 atom stereocenters. The summed E-state index contributed by atoms with van der Waals surface area (Å²) in [6.45, 7) is 11.3. The molecule has 0 saturated heterocycles. The van der Waals surface area contributed by atoms with Gasteiger partial charge in [0.05, 0.1) is 0 Å². The van der Waals surface area contributed by atoms with E-state index in [0.717, 1.165) is 26.4 Å². The largest absolute Gasteiger partial charge is 0.382 e. The molecule has 0 aliphatic carbocycles. The summed E-state index contributed by atoms with van der Waals surface area (Å²) >= 11 is 0. The van der Waals surface area contributed by atoms with Gasteiger partial charge in [0, 0.05) is 26.4 Å². The van der Waals surface area contributed by atoms with Crippen molar-refractivity contribution in [2.24, 2.45) is 0 Å². The fraction of sp³-hybridized carbons (Fsp3) is 1.00. The molecule has 11 heavy (non-hydrogen) atoms. The minimum absolute atomic E-state index is 0. The van der Waals surface area contributed by atoms with Crippen molar-refractivity contribution in [3.8, 4) is 0 Å². The van der Waals surface area contributed by atoms with E-state index in [1.165, 1.54) is 0 Å². The van der Waals surface area contributed by atoms with Gasteiger partial charge < -0.3 is 9.47 Å². The Morgan fingerprint density at radius 1 is 0.636 bits per heavy atom. The highest BCUT2D eigenvalue weighted by Crippen LogP contribution is 1.64. The Hall–Kier alpha value is 0.270. The maximum absolute atomic E-state index is 4.83. The lowest BCUT2D eigenvalue weighted by molar-refractivity contribution is 0.162. The van der Waals surface area contributed by atoms with Crippen molar-refractivity contribution < 1.29 is 9.47 Å². The zero-order chi connectivity index (χ0) is 8.24. The first-order valence-corrected chi connectivity index (χ1v) is 3.98. The Labute approximate surface area is 77.7 Å². The molecule has 0 unspecified atom stereocenters. The molecule has 0 spiro atoms. The molecule has 0 aromatic heterocycles. The first-order chi connectivity index (χ1) is 4.83. The standard InChI is InChI=1S/2C4H10O.H2S/c2*1-3-5-4-2;/h2*3-4H2,1-2H3;1H2. The van der Waals surface area contributed by atoms with Gasteiger partial charge in [-0.25, -0.2) is 0 Å². The van der Waals surface area contributed by atoms with Gasteiger partial charge in [-0.05, 0) is 27.7 Å². The van der Waals surface area contributed by atoms with Crippen LogP contribution in [-0.4, -0.2) is 26.4 Å². The van der Waals surface area contributed by atoms with Gasteiger partial charge in [0.15, 0.2) is 0 Å². The van der Waals surface area contributed by atoms with Crippen molar-refractivity contribution in [1.29, 1.82) is 0 Å². The molecule has 72 valence electrons. The normalized spacial score (nSPS) is 7.64. The minimum Gasteiger partial charge on any atom is -0.382 e. The average molecular weight is 182 g/mol. The highest BCUT2D eigenvalue weighted by molar-refractivity contribution is 7.59. The topological polar surface area (TPSA) is 18.5 Å². The lowest BCUT2D eigenvalue weighted by Gasteiger charge is -1.86. The molecule has 0 radical (unpaired) electrons. The molecule has 0 aliphatic rings. The van der Waals surface area contributed by atoms with Crippen molar-refractivity contribution >= 4 is 13.5 Å².